The van der Waals surface area contributed by atoms with Gasteiger partial charge in [-0.05, 0) is 49.4 Å². The first-order chi connectivity index (χ1) is 13.7. The average Bonchev–Trinajstić information content (AvgIpc) is 3.13. The summed E-state index contributed by atoms with van der Waals surface area (Å²) in [5, 5.41) is 3.15. The Balaban J connectivity index is 1.44. The molecule has 1 N–H and O–H groups in total. The molecule has 2 heterocycles. The zero-order chi connectivity index (χ0) is 19.3. The Morgan fingerprint density at radius 1 is 1.14 bits per heavy atom. The minimum absolute atomic E-state index is 0.0290. The molecule has 0 aromatic heterocycles. The van der Waals surface area contributed by atoms with Crippen molar-refractivity contribution in [2.24, 2.45) is 0 Å². The lowest BCUT2D eigenvalue weighted by molar-refractivity contribution is 0.0181. The van der Waals surface area contributed by atoms with E-state index in [4.69, 9.17) is 4.74 Å². The number of amides is 2. The number of para-hydroxylation sites is 2. The molecule has 2 aromatic rings. The number of benzene rings is 2. The summed E-state index contributed by atoms with van der Waals surface area (Å²) in [5.74, 6) is 0. The number of hydrogen-bond acceptors (Lipinski definition) is 3. The minimum Gasteiger partial charge on any atom is -0.377 e. The third-order valence-electron chi connectivity index (χ3n) is 5.67. The van der Waals surface area contributed by atoms with E-state index in [1.807, 2.05) is 30.0 Å². The number of ether oxygens (including phenoxy) is 1. The van der Waals surface area contributed by atoms with Crippen molar-refractivity contribution in [3.63, 3.8) is 0 Å². The maximum absolute atomic E-state index is 12.9. The van der Waals surface area contributed by atoms with Crippen molar-refractivity contribution < 1.29 is 9.53 Å². The molecule has 0 radical (unpaired) electrons. The third kappa shape index (κ3) is 4.14. The summed E-state index contributed by atoms with van der Waals surface area (Å²) in [4.78, 5) is 17.1. The number of fused-ring (bicyclic) bond motifs is 1. The predicted molar refractivity (Wildman–Crippen MR) is 113 cm³/mol. The van der Waals surface area contributed by atoms with Gasteiger partial charge < -0.3 is 19.9 Å². The number of hydrogen-bond donors (Lipinski definition) is 1. The normalized spacial score (nSPS) is 18.8. The van der Waals surface area contributed by atoms with E-state index in [0.29, 0.717) is 13.2 Å². The van der Waals surface area contributed by atoms with Gasteiger partial charge >= 0.3 is 6.03 Å². The molecule has 0 saturated carbocycles. The molecule has 0 bridgehead atoms. The molecule has 2 aliphatic heterocycles. The molecule has 1 atom stereocenters. The molecular weight excluding hydrogens is 350 g/mol. The SMILES string of the molecule is CCOC1CCCN(C(=O)Nc2ccccc2CN2CCc3ccccc32)C1. The average molecular weight is 380 g/mol. The van der Waals surface area contributed by atoms with Crippen LogP contribution in [-0.4, -0.2) is 43.3 Å². The molecular formula is C23H29N3O2. The highest BCUT2D eigenvalue weighted by molar-refractivity contribution is 5.90. The van der Waals surface area contributed by atoms with Crippen LogP contribution in [0.4, 0.5) is 16.2 Å². The van der Waals surface area contributed by atoms with Gasteiger partial charge in [-0.15, -0.1) is 0 Å². The van der Waals surface area contributed by atoms with Gasteiger partial charge in [0, 0.05) is 44.2 Å². The highest BCUT2D eigenvalue weighted by atomic mass is 16.5. The van der Waals surface area contributed by atoms with Gasteiger partial charge in [-0.1, -0.05) is 36.4 Å². The zero-order valence-corrected chi connectivity index (χ0v) is 16.6. The monoisotopic (exact) mass is 379 g/mol. The van der Waals surface area contributed by atoms with Gasteiger partial charge in [0.1, 0.15) is 0 Å². The summed E-state index contributed by atoms with van der Waals surface area (Å²) >= 11 is 0. The van der Waals surface area contributed by atoms with E-state index in [1.165, 1.54) is 11.3 Å². The van der Waals surface area contributed by atoms with Crippen molar-refractivity contribution in [2.75, 3.05) is 36.5 Å². The van der Waals surface area contributed by atoms with Crippen LogP contribution in [0.2, 0.25) is 0 Å². The van der Waals surface area contributed by atoms with E-state index in [9.17, 15) is 4.79 Å². The van der Waals surface area contributed by atoms with Crippen LogP contribution in [0.5, 0.6) is 0 Å². The Labute approximate surface area is 167 Å². The molecule has 2 aromatic carbocycles. The Morgan fingerprint density at radius 2 is 1.96 bits per heavy atom. The maximum atomic E-state index is 12.9. The van der Waals surface area contributed by atoms with Crippen LogP contribution in [0.15, 0.2) is 48.5 Å². The summed E-state index contributed by atoms with van der Waals surface area (Å²) in [6, 6.07) is 16.7. The van der Waals surface area contributed by atoms with Crippen LogP contribution < -0.4 is 10.2 Å². The Kier molecular flexibility index (Phi) is 5.81. The Bertz CT molecular complexity index is 821. The van der Waals surface area contributed by atoms with Gasteiger partial charge in [-0.2, -0.15) is 0 Å². The molecule has 0 aliphatic carbocycles. The number of nitrogens with zero attached hydrogens (tertiary/aromatic N) is 2. The fraction of sp³-hybridized carbons (Fsp3) is 0.435. The number of urea groups is 1. The van der Waals surface area contributed by atoms with Crippen LogP contribution in [0.25, 0.3) is 0 Å². The van der Waals surface area contributed by atoms with Crippen molar-refractivity contribution in [3.8, 4) is 0 Å². The third-order valence-corrected chi connectivity index (χ3v) is 5.67. The Morgan fingerprint density at radius 3 is 2.86 bits per heavy atom. The molecule has 5 nitrogen and oxygen atoms in total. The molecule has 1 unspecified atom stereocenters. The number of nitrogens with one attached hydrogen (secondary N) is 1. The molecule has 4 rings (SSSR count). The highest BCUT2D eigenvalue weighted by Crippen LogP contribution is 2.30. The summed E-state index contributed by atoms with van der Waals surface area (Å²) in [6.07, 6.45) is 3.25. The van der Waals surface area contributed by atoms with E-state index >= 15 is 0 Å². The van der Waals surface area contributed by atoms with Crippen LogP contribution in [0.3, 0.4) is 0 Å². The van der Waals surface area contributed by atoms with Gasteiger partial charge in [-0.3, -0.25) is 0 Å². The van der Waals surface area contributed by atoms with Crippen molar-refractivity contribution in [2.45, 2.75) is 38.8 Å². The van der Waals surface area contributed by atoms with Gasteiger partial charge in [0.05, 0.1) is 6.10 Å². The van der Waals surface area contributed by atoms with Gasteiger partial charge in [0.25, 0.3) is 0 Å². The van der Waals surface area contributed by atoms with Gasteiger partial charge in [0.2, 0.25) is 0 Å². The number of piperidine rings is 1. The second kappa shape index (κ2) is 8.65. The van der Waals surface area contributed by atoms with E-state index in [1.54, 1.807) is 0 Å². The van der Waals surface area contributed by atoms with E-state index in [-0.39, 0.29) is 12.1 Å². The molecule has 28 heavy (non-hydrogen) atoms. The van der Waals surface area contributed by atoms with E-state index < -0.39 is 0 Å². The van der Waals surface area contributed by atoms with Gasteiger partial charge in [-0.25, -0.2) is 4.79 Å². The van der Waals surface area contributed by atoms with Gasteiger partial charge in [0.15, 0.2) is 0 Å². The maximum Gasteiger partial charge on any atom is 0.321 e. The second-order valence-electron chi connectivity index (χ2n) is 7.55. The number of anilines is 2. The number of rotatable bonds is 5. The Hall–Kier alpha value is -2.53. The minimum atomic E-state index is -0.0290. The molecule has 1 saturated heterocycles. The molecule has 5 heteroatoms. The quantitative estimate of drug-likeness (QED) is 0.843. The lowest BCUT2D eigenvalue weighted by Gasteiger charge is -2.32. The standard InChI is InChI=1S/C23H29N3O2/c1-2-28-20-10-7-14-26(17-20)23(27)24-21-11-5-3-9-19(21)16-25-15-13-18-8-4-6-12-22(18)25/h3-6,8-9,11-12,20H,2,7,10,13-17H2,1H3,(H,24,27). The fourth-order valence-corrected chi connectivity index (χ4v) is 4.25. The smallest absolute Gasteiger partial charge is 0.321 e. The van der Waals surface area contributed by atoms with Crippen molar-refractivity contribution in [1.29, 1.82) is 0 Å². The summed E-state index contributed by atoms with van der Waals surface area (Å²) in [7, 11) is 0. The first kappa shape index (κ1) is 18.8. The lowest BCUT2D eigenvalue weighted by atomic mass is 10.1. The summed E-state index contributed by atoms with van der Waals surface area (Å²) in [5.41, 5.74) is 4.75. The van der Waals surface area contributed by atoms with Crippen LogP contribution in [0.1, 0.15) is 30.9 Å². The van der Waals surface area contributed by atoms with E-state index in [0.717, 1.165) is 50.1 Å². The molecule has 2 amide bonds. The van der Waals surface area contributed by atoms with Crippen molar-refractivity contribution >= 4 is 17.4 Å². The lowest BCUT2D eigenvalue weighted by Crippen LogP contribution is -2.45. The highest BCUT2D eigenvalue weighted by Gasteiger charge is 2.25. The fourth-order valence-electron chi connectivity index (χ4n) is 4.25. The summed E-state index contributed by atoms with van der Waals surface area (Å²) in [6.45, 7) is 5.98. The number of likely N-dealkylation sites (tertiary alicyclic amines) is 1. The van der Waals surface area contributed by atoms with Crippen LogP contribution in [0, 0.1) is 0 Å². The molecule has 1 fully saturated rings. The second-order valence-corrected chi connectivity index (χ2v) is 7.55. The van der Waals surface area contributed by atoms with E-state index in [2.05, 4.69) is 40.5 Å². The molecule has 2 aliphatic rings. The largest absolute Gasteiger partial charge is 0.377 e. The van der Waals surface area contributed by atoms with Crippen LogP contribution >= 0.6 is 0 Å². The molecule has 148 valence electrons. The first-order valence-electron chi connectivity index (χ1n) is 10.3. The number of carbonyl (C=O) groups excluding carboxylic acids is 1. The molecule has 0 spiro atoms. The topological polar surface area (TPSA) is 44.8 Å². The van der Waals surface area contributed by atoms with Crippen molar-refractivity contribution in [1.82, 2.24) is 4.90 Å². The first-order valence-corrected chi connectivity index (χ1v) is 10.3. The predicted octanol–water partition coefficient (Wildman–Crippen LogP) is 4.28. The zero-order valence-electron chi connectivity index (χ0n) is 16.6. The number of carbonyl (C=O) groups is 1. The van der Waals surface area contributed by atoms with Crippen molar-refractivity contribution in [3.05, 3.63) is 59.7 Å². The van der Waals surface area contributed by atoms with Crippen LogP contribution in [-0.2, 0) is 17.7 Å². The summed E-state index contributed by atoms with van der Waals surface area (Å²) < 4.78 is 5.73.